The zero-order valence-electron chi connectivity index (χ0n) is 7.10. The molecule has 13 heavy (non-hydrogen) atoms. The molecule has 0 saturated heterocycles. The Morgan fingerprint density at radius 1 is 1.62 bits per heavy atom. The van der Waals surface area contributed by atoms with Gasteiger partial charge in [-0.2, -0.15) is 0 Å². The standard InChI is InChI=1S/C9H9ClFNO/c1-12-5-9(13)7-4-6(10)2-3-8(7)11/h2-4,12H,5H2,1H3. The Morgan fingerprint density at radius 3 is 2.92 bits per heavy atom. The largest absolute Gasteiger partial charge is 0.313 e. The first-order valence-corrected chi connectivity index (χ1v) is 4.16. The third kappa shape index (κ3) is 2.50. The van der Waals surface area contributed by atoms with Gasteiger partial charge in [0.05, 0.1) is 12.1 Å². The molecule has 1 N–H and O–H groups in total. The summed E-state index contributed by atoms with van der Waals surface area (Å²) in [6, 6.07) is 3.93. The first kappa shape index (κ1) is 10.2. The lowest BCUT2D eigenvalue weighted by molar-refractivity contribution is 0.0990. The zero-order chi connectivity index (χ0) is 9.84. The number of Topliss-reactive ketones (excluding diaryl/α,β-unsaturated/α-hetero) is 1. The number of likely N-dealkylation sites (N-methyl/N-ethyl adjacent to an activating group) is 1. The Hall–Kier alpha value is -0.930. The average Bonchev–Trinajstić information content (AvgIpc) is 2.09. The molecule has 0 aliphatic carbocycles. The van der Waals surface area contributed by atoms with Crippen LogP contribution in [0.3, 0.4) is 0 Å². The van der Waals surface area contributed by atoms with Gasteiger partial charge < -0.3 is 5.32 Å². The summed E-state index contributed by atoms with van der Waals surface area (Å²) in [6.07, 6.45) is 0. The maximum atomic E-state index is 13.0. The summed E-state index contributed by atoms with van der Waals surface area (Å²) in [7, 11) is 1.63. The van der Waals surface area contributed by atoms with E-state index >= 15 is 0 Å². The van der Waals surface area contributed by atoms with Gasteiger partial charge in [-0.05, 0) is 25.2 Å². The van der Waals surface area contributed by atoms with E-state index in [0.29, 0.717) is 5.02 Å². The lowest BCUT2D eigenvalue weighted by Gasteiger charge is -2.01. The van der Waals surface area contributed by atoms with Gasteiger partial charge in [-0.1, -0.05) is 11.6 Å². The molecule has 0 amide bonds. The molecule has 0 aromatic heterocycles. The summed E-state index contributed by atoms with van der Waals surface area (Å²) in [5.41, 5.74) is 0.0295. The molecular weight excluding hydrogens is 193 g/mol. The number of ketones is 1. The van der Waals surface area contributed by atoms with Crippen LogP contribution in [-0.2, 0) is 0 Å². The zero-order valence-corrected chi connectivity index (χ0v) is 7.86. The van der Waals surface area contributed by atoms with Crippen molar-refractivity contribution in [3.8, 4) is 0 Å². The van der Waals surface area contributed by atoms with Crippen molar-refractivity contribution in [3.05, 3.63) is 34.6 Å². The van der Waals surface area contributed by atoms with Gasteiger partial charge >= 0.3 is 0 Å². The van der Waals surface area contributed by atoms with Crippen molar-refractivity contribution in [2.24, 2.45) is 0 Å². The summed E-state index contributed by atoms with van der Waals surface area (Å²) in [6.45, 7) is 0.108. The molecule has 0 unspecified atom stereocenters. The monoisotopic (exact) mass is 201 g/mol. The molecule has 1 rings (SSSR count). The second kappa shape index (κ2) is 4.35. The fourth-order valence-electron chi connectivity index (χ4n) is 0.967. The van der Waals surface area contributed by atoms with Crippen molar-refractivity contribution in [2.45, 2.75) is 0 Å². The van der Waals surface area contributed by atoms with E-state index in [1.165, 1.54) is 18.2 Å². The molecule has 70 valence electrons. The summed E-state index contributed by atoms with van der Waals surface area (Å²) in [5.74, 6) is -0.841. The molecule has 1 aromatic rings. The van der Waals surface area contributed by atoms with Gasteiger partial charge in [-0.15, -0.1) is 0 Å². The first-order valence-electron chi connectivity index (χ1n) is 3.78. The molecular formula is C9H9ClFNO. The molecule has 2 nitrogen and oxygen atoms in total. The molecule has 0 saturated carbocycles. The Bertz CT molecular complexity index is 327. The van der Waals surface area contributed by atoms with Gasteiger partial charge in [0, 0.05) is 5.02 Å². The Morgan fingerprint density at radius 2 is 2.31 bits per heavy atom. The summed E-state index contributed by atoms with van der Waals surface area (Å²) >= 11 is 5.62. The topological polar surface area (TPSA) is 29.1 Å². The number of nitrogens with one attached hydrogen (secondary N) is 1. The average molecular weight is 202 g/mol. The Labute approximate surface area is 80.7 Å². The van der Waals surface area contributed by atoms with E-state index < -0.39 is 5.82 Å². The van der Waals surface area contributed by atoms with Crippen LogP contribution in [0.4, 0.5) is 4.39 Å². The van der Waals surface area contributed by atoms with Crippen molar-refractivity contribution < 1.29 is 9.18 Å². The number of halogens is 2. The maximum absolute atomic E-state index is 13.0. The summed E-state index contributed by atoms with van der Waals surface area (Å²) in [5, 5.41) is 3.02. The van der Waals surface area contributed by atoms with Crippen LogP contribution >= 0.6 is 11.6 Å². The van der Waals surface area contributed by atoms with Gasteiger partial charge in [0.2, 0.25) is 0 Å². The molecule has 0 bridgehead atoms. The van der Waals surface area contributed by atoms with E-state index in [1.807, 2.05) is 0 Å². The predicted molar refractivity (Wildman–Crippen MR) is 49.7 cm³/mol. The van der Waals surface area contributed by atoms with E-state index in [2.05, 4.69) is 5.32 Å². The van der Waals surface area contributed by atoms with E-state index in [1.54, 1.807) is 7.05 Å². The highest BCUT2D eigenvalue weighted by Crippen LogP contribution is 2.14. The van der Waals surface area contributed by atoms with Gasteiger partial charge in [-0.3, -0.25) is 4.79 Å². The molecule has 0 radical (unpaired) electrons. The second-order valence-corrected chi connectivity index (χ2v) is 3.01. The van der Waals surface area contributed by atoms with Crippen molar-refractivity contribution in [2.75, 3.05) is 13.6 Å². The fourth-order valence-corrected chi connectivity index (χ4v) is 1.14. The molecule has 0 fully saturated rings. The van der Waals surface area contributed by atoms with Crippen LogP contribution in [0.2, 0.25) is 5.02 Å². The Kier molecular flexibility index (Phi) is 3.39. The Balaban J connectivity index is 2.99. The van der Waals surface area contributed by atoms with Crippen LogP contribution in [0, 0.1) is 5.82 Å². The van der Waals surface area contributed by atoms with Gasteiger partial charge in [0.15, 0.2) is 5.78 Å². The van der Waals surface area contributed by atoms with Gasteiger partial charge in [0.25, 0.3) is 0 Å². The first-order chi connectivity index (χ1) is 6.15. The van der Waals surface area contributed by atoms with Crippen LogP contribution in [0.25, 0.3) is 0 Å². The molecule has 0 spiro atoms. The molecule has 0 atom stereocenters. The van der Waals surface area contributed by atoms with Crippen LogP contribution in [0.1, 0.15) is 10.4 Å². The maximum Gasteiger partial charge on any atom is 0.179 e. The number of hydrogen-bond donors (Lipinski definition) is 1. The third-order valence-corrected chi connectivity index (χ3v) is 1.80. The van der Waals surface area contributed by atoms with Crippen molar-refractivity contribution in [1.29, 1.82) is 0 Å². The normalized spacial score (nSPS) is 10.1. The fraction of sp³-hybridized carbons (Fsp3) is 0.222. The third-order valence-electron chi connectivity index (χ3n) is 1.57. The van der Waals surface area contributed by atoms with Crippen molar-refractivity contribution >= 4 is 17.4 Å². The second-order valence-electron chi connectivity index (χ2n) is 2.58. The minimum Gasteiger partial charge on any atom is -0.313 e. The molecule has 0 aliphatic heterocycles. The number of carbonyl (C=O) groups is 1. The highest BCUT2D eigenvalue weighted by Gasteiger charge is 2.10. The van der Waals surface area contributed by atoms with Gasteiger partial charge in [0.1, 0.15) is 5.82 Å². The van der Waals surface area contributed by atoms with E-state index in [4.69, 9.17) is 11.6 Å². The molecule has 4 heteroatoms. The van der Waals surface area contributed by atoms with Crippen LogP contribution in [0.5, 0.6) is 0 Å². The molecule has 0 aliphatic rings. The number of benzene rings is 1. The quantitative estimate of drug-likeness (QED) is 0.757. The number of carbonyl (C=O) groups excluding carboxylic acids is 1. The SMILES string of the molecule is CNCC(=O)c1cc(Cl)ccc1F. The molecule has 1 aromatic carbocycles. The lowest BCUT2D eigenvalue weighted by atomic mass is 10.1. The highest BCUT2D eigenvalue weighted by atomic mass is 35.5. The van der Waals surface area contributed by atoms with Crippen LogP contribution in [0.15, 0.2) is 18.2 Å². The van der Waals surface area contributed by atoms with Crippen LogP contribution < -0.4 is 5.32 Å². The lowest BCUT2D eigenvalue weighted by Crippen LogP contribution is -2.19. The number of hydrogen-bond acceptors (Lipinski definition) is 2. The number of rotatable bonds is 3. The smallest absolute Gasteiger partial charge is 0.179 e. The summed E-state index contributed by atoms with van der Waals surface area (Å²) in [4.78, 5) is 11.3. The molecule has 0 heterocycles. The van der Waals surface area contributed by atoms with Crippen molar-refractivity contribution in [3.63, 3.8) is 0 Å². The predicted octanol–water partition coefficient (Wildman–Crippen LogP) is 1.88. The minimum atomic E-state index is -0.537. The van der Waals surface area contributed by atoms with Gasteiger partial charge in [-0.25, -0.2) is 4.39 Å². The van der Waals surface area contributed by atoms with E-state index in [0.717, 1.165) is 0 Å². The summed E-state index contributed by atoms with van der Waals surface area (Å²) < 4.78 is 13.0. The van der Waals surface area contributed by atoms with E-state index in [9.17, 15) is 9.18 Å². The minimum absolute atomic E-state index is 0.0295. The van der Waals surface area contributed by atoms with Crippen LogP contribution in [-0.4, -0.2) is 19.4 Å². The van der Waals surface area contributed by atoms with E-state index in [-0.39, 0.29) is 17.9 Å². The highest BCUT2D eigenvalue weighted by molar-refractivity contribution is 6.31. The van der Waals surface area contributed by atoms with Crippen molar-refractivity contribution in [1.82, 2.24) is 5.32 Å².